The molecule has 1 aromatic heterocycles. The number of carbonyl (C=O) groups excluding carboxylic acids is 1. The molecule has 1 unspecified atom stereocenters. The molecule has 2 heterocycles. The number of amides is 1. The lowest BCUT2D eigenvalue weighted by atomic mass is 10.1. The molecule has 0 saturated carbocycles. The molecule has 0 bridgehead atoms. The zero-order chi connectivity index (χ0) is 21.6. The van der Waals surface area contributed by atoms with E-state index < -0.39 is 0 Å². The van der Waals surface area contributed by atoms with Crippen molar-refractivity contribution >= 4 is 16.8 Å². The van der Waals surface area contributed by atoms with Crippen LogP contribution < -0.4 is 10.2 Å². The van der Waals surface area contributed by atoms with Crippen molar-refractivity contribution in [2.24, 2.45) is 0 Å². The highest BCUT2D eigenvalue weighted by molar-refractivity contribution is 5.79. The van der Waals surface area contributed by atoms with Gasteiger partial charge in [0.15, 0.2) is 0 Å². The maximum absolute atomic E-state index is 13.2. The van der Waals surface area contributed by atoms with Gasteiger partial charge in [-0.3, -0.25) is 14.3 Å². The van der Waals surface area contributed by atoms with Gasteiger partial charge in [-0.2, -0.15) is 5.10 Å². The van der Waals surface area contributed by atoms with Crippen molar-refractivity contribution in [3.05, 3.63) is 70.5 Å². The van der Waals surface area contributed by atoms with Gasteiger partial charge in [0.05, 0.1) is 31.5 Å². The Morgan fingerprint density at radius 3 is 2.84 bits per heavy atom. The minimum atomic E-state index is -0.116. The number of nitrogens with zero attached hydrogens (tertiary/aromatic N) is 3. The first kappa shape index (κ1) is 21.1. The summed E-state index contributed by atoms with van der Waals surface area (Å²) >= 11 is 0. The van der Waals surface area contributed by atoms with E-state index in [9.17, 15) is 9.59 Å². The van der Waals surface area contributed by atoms with Crippen molar-refractivity contribution < 1.29 is 14.3 Å². The van der Waals surface area contributed by atoms with Gasteiger partial charge in [0.25, 0.3) is 0 Å². The fourth-order valence-corrected chi connectivity index (χ4v) is 4.03. The van der Waals surface area contributed by atoms with E-state index >= 15 is 0 Å². The van der Waals surface area contributed by atoms with Crippen LogP contribution in [0.15, 0.2) is 59.5 Å². The summed E-state index contributed by atoms with van der Waals surface area (Å²) in [7, 11) is 1.64. The summed E-state index contributed by atoms with van der Waals surface area (Å²) in [5, 5.41) is 4.85. The molecular weight excluding hydrogens is 394 g/mol. The first-order valence-corrected chi connectivity index (χ1v) is 10.6. The zero-order valence-electron chi connectivity index (χ0n) is 17.7. The quantitative estimate of drug-likeness (QED) is 0.559. The second-order valence-corrected chi connectivity index (χ2v) is 7.72. The minimum absolute atomic E-state index is 0.0194. The van der Waals surface area contributed by atoms with E-state index in [1.165, 1.54) is 6.20 Å². The zero-order valence-corrected chi connectivity index (χ0v) is 17.7. The predicted molar refractivity (Wildman–Crippen MR) is 118 cm³/mol. The maximum atomic E-state index is 13.2. The topological polar surface area (TPSA) is 73.7 Å². The van der Waals surface area contributed by atoms with Crippen LogP contribution in [-0.4, -0.2) is 47.0 Å². The number of para-hydroxylation sites is 2. The Morgan fingerprint density at radius 2 is 2.03 bits per heavy atom. The molecule has 1 aliphatic heterocycles. The Morgan fingerprint density at radius 1 is 1.23 bits per heavy atom. The largest absolute Gasteiger partial charge is 0.496 e. The number of ether oxygens (including phenoxy) is 2. The van der Waals surface area contributed by atoms with Crippen LogP contribution in [0.5, 0.6) is 5.75 Å². The lowest BCUT2D eigenvalue weighted by molar-refractivity contribution is -0.133. The number of hydrogen-bond acceptors (Lipinski definition) is 5. The lowest BCUT2D eigenvalue weighted by Crippen LogP contribution is -2.37. The number of methoxy groups -OCH3 is 1. The number of fused-ring (bicyclic) bond motifs is 1. The second kappa shape index (κ2) is 9.75. The fraction of sp³-hybridized carbons (Fsp3) is 0.375. The van der Waals surface area contributed by atoms with Crippen LogP contribution in [0.1, 0.15) is 24.8 Å². The molecule has 0 N–H and O–H groups in total. The van der Waals surface area contributed by atoms with E-state index in [1.807, 2.05) is 47.4 Å². The normalized spacial score (nSPS) is 15.8. The average molecular weight is 421 g/mol. The molecule has 4 rings (SSSR count). The minimum Gasteiger partial charge on any atom is -0.496 e. The summed E-state index contributed by atoms with van der Waals surface area (Å²) in [5.74, 6) is 0.784. The van der Waals surface area contributed by atoms with Crippen molar-refractivity contribution in [2.75, 3.05) is 20.3 Å². The summed E-state index contributed by atoms with van der Waals surface area (Å²) in [6.45, 7) is 2.15. The van der Waals surface area contributed by atoms with Crippen LogP contribution in [-0.2, 0) is 22.6 Å². The Bertz CT molecular complexity index is 1110. The Kier molecular flexibility index (Phi) is 6.62. The van der Waals surface area contributed by atoms with Crippen LogP contribution in [0, 0.1) is 0 Å². The van der Waals surface area contributed by atoms with Gasteiger partial charge in [0.2, 0.25) is 11.3 Å². The molecule has 7 heteroatoms. The summed E-state index contributed by atoms with van der Waals surface area (Å²) in [6, 6.07) is 15.1. The molecule has 0 spiro atoms. The Labute approximate surface area is 181 Å². The fourth-order valence-electron chi connectivity index (χ4n) is 4.03. The molecule has 3 aromatic rings. The first-order valence-electron chi connectivity index (χ1n) is 10.6. The highest BCUT2D eigenvalue weighted by atomic mass is 16.5. The molecule has 7 nitrogen and oxygen atoms in total. The summed E-state index contributed by atoms with van der Waals surface area (Å²) in [6.07, 6.45) is 3.63. The van der Waals surface area contributed by atoms with Gasteiger partial charge in [0, 0.05) is 37.1 Å². The molecule has 162 valence electrons. The number of aryl methyl sites for hydroxylation is 1. The highest BCUT2D eigenvalue weighted by Crippen LogP contribution is 2.22. The summed E-state index contributed by atoms with van der Waals surface area (Å²) in [4.78, 5) is 27.1. The van der Waals surface area contributed by atoms with Crippen molar-refractivity contribution in [1.29, 1.82) is 0 Å². The first-order chi connectivity index (χ1) is 15.2. The monoisotopic (exact) mass is 421 g/mol. The number of carbonyl (C=O) groups is 1. The van der Waals surface area contributed by atoms with Crippen LogP contribution in [0.2, 0.25) is 0 Å². The van der Waals surface area contributed by atoms with Gasteiger partial charge in [-0.15, -0.1) is 0 Å². The van der Waals surface area contributed by atoms with E-state index in [0.717, 1.165) is 36.3 Å². The van der Waals surface area contributed by atoms with Crippen LogP contribution in [0.25, 0.3) is 10.9 Å². The van der Waals surface area contributed by atoms with Crippen LogP contribution in [0.4, 0.5) is 0 Å². The molecule has 31 heavy (non-hydrogen) atoms. The Hall–Kier alpha value is -3.19. The highest BCUT2D eigenvalue weighted by Gasteiger charge is 2.23. The molecule has 1 aliphatic rings. The summed E-state index contributed by atoms with van der Waals surface area (Å²) in [5.41, 5.74) is 1.58. The Balaban J connectivity index is 1.52. The second-order valence-electron chi connectivity index (χ2n) is 7.72. The molecular formula is C24H27N3O4. The maximum Gasteiger partial charge on any atom is 0.224 e. The lowest BCUT2D eigenvalue weighted by Gasteiger charge is -2.26. The van der Waals surface area contributed by atoms with Gasteiger partial charge in [-0.1, -0.05) is 30.3 Å². The van der Waals surface area contributed by atoms with Crippen molar-refractivity contribution in [2.45, 2.75) is 38.5 Å². The number of rotatable bonds is 8. The molecule has 1 saturated heterocycles. The van der Waals surface area contributed by atoms with E-state index in [4.69, 9.17) is 9.47 Å². The third-order valence-electron chi connectivity index (χ3n) is 5.65. The van der Waals surface area contributed by atoms with E-state index in [2.05, 4.69) is 5.10 Å². The SMILES string of the molecule is COc1ccccc1CN(CC1CCCO1)C(=O)CCn1ncc(=O)c2ccccc21. The van der Waals surface area contributed by atoms with E-state index in [0.29, 0.717) is 25.0 Å². The van der Waals surface area contributed by atoms with Gasteiger partial charge >= 0.3 is 0 Å². The smallest absolute Gasteiger partial charge is 0.224 e. The van der Waals surface area contributed by atoms with E-state index in [-0.39, 0.29) is 23.9 Å². The molecule has 1 atom stereocenters. The van der Waals surface area contributed by atoms with Gasteiger partial charge in [-0.25, -0.2) is 0 Å². The third-order valence-corrected chi connectivity index (χ3v) is 5.65. The average Bonchev–Trinajstić information content (AvgIpc) is 3.32. The van der Waals surface area contributed by atoms with Crippen molar-refractivity contribution in [3.63, 3.8) is 0 Å². The van der Waals surface area contributed by atoms with Crippen molar-refractivity contribution in [1.82, 2.24) is 14.7 Å². The van der Waals surface area contributed by atoms with E-state index in [1.54, 1.807) is 17.9 Å². The van der Waals surface area contributed by atoms with Crippen LogP contribution in [0.3, 0.4) is 0 Å². The van der Waals surface area contributed by atoms with Gasteiger partial charge < -0.3 is 14.4 Å². The van der Waals surface area contributed by atoms with Crippen LogP contribution >= 0.6 is 0 Å². The number of benzene rings is 2. The molecule has 0 aliphatic carbocycles. The molecule has 0 radical (unpaired) electrons. The van der Waals surface area contributed by atoms with Gasteiger partial charge in [-0.05, 0) is 31.0 Å². The predicted octanol–water partition coefficient (Wildman–Crippen LogP) is 3.00. The molecule has 2 aromatic carbocycles. The van der Waals surface area contributed by atoms with Crippen molar-refractivity contribution in [3.8, 4) is 5.75 Å². The number of hydrogen-bond donors (Lipinski definition) is 0. The summed E-state index contributed by atoms with van der Waals surface area (Å²) < 4.78 is 13.0. The molecule has 1 amide bonds. The number of aromatic nitrogens is 2. The third kappa shape index (κ3) is 4.94. The molecule has 1 fully saturated rings. The van der Waals surface area contributed by atoms with Gasteiger partial charge in [0.1, 0.15) is 5.75 Å². The standard InChI is InChI=1S/C24H27N3O4/c1-30-23-11-5-2-7-18(23)16-26(17-19-8-6-14-31-19)24(29)12-13-27-21-10-4-3-9-20(21)22(28)15-25-27/h2-5,7,9-11,15,19H,6,8,12-14,16-17H2,1H3.